The molecule has 98 valence electrons. The third-order valence-electron chi connectivity index (χ3n) is 5.26. The summed E-state index contributed by atoms with van der Waals surface area (Å²) in [6.45, 7) is 0. The molecule has 1 fully saturated rings. The van der Waals surface area contributed by atoms with E-state index in [0.29, 0.717) is 17.6 Å². The Kier molecular flexibility index (Phi) is 2.43. The maximum atomic E-state index is 12.3. The molecule has 4 atom stereocenters. The van der Waals surface area contributed by atoms with Crippen LogP contribution in [0.2, 0.25) is 0 Å². The topological polar surface area (TPSA) is 37.3 Å². The van der Waals surface area contributed by atoms with Crippen molar-refractivity contribution in [1.29, 1.82) is 0 Å². The normalized spacial score (nSPS) is 36.3. The first-order chi connectivity index (χ1) is 9.25. The van der Waals surface area contributed by atoms with Crippen molar-refractivity contribution in [3.63, 3.8) is 0 Å². The van der Waals surface area contributed by atoms with Gasteiger partial charge < -0.3 is 5.11 Å². The predicted octanol–water partition coefficient (Wildman–Crippen LogP) is 3.12. The van der Waals surface area contributed by atoms with Crippen molar-refractivity contribution in [2.45, 2.75) is 31.8 Å². The molecule has 0 amide bonds. The standard InChI is InChI=1S/C17H18O2/c18-16-9-15-11-6-3-7-13(11)17(19)8-14(15)10-4-1-2-5-12(10)16/h1-2,4-5,8,11,13,15-16,18H,3,6-7,9H2/t11-,13-,15+,16+/m1/s1. The van der Waals surface area contributed by atoms with E-state index < -0.39 is 0 Å². The molecule has 1 aromatic rings. The fourth-order valence-corrected chi connectivity index (χ4v) is 4.42. The minimum absolute atomic E-state index is 0.228. The third kappa shape index (κ3) is 1.56. The van der Waals surface area contributed by atoms with E-state index in [9.17, 15) is 9.90 Å². The summed E-state index contributed by atoms with van der Waals surface area (Å²) in [5.41, 5.74) is 3.29. The number of hydrogen-bond acceptors (Lipinski definition) is 2. The number of aliphatic hydroxyl groups excluding tert-OH is 1. The van der Waals surface area contributed by atoms with Gasteiger partial charge in [-0.15, -0.1) is 0 Å². The molecule has 0 aromatic heterocycles. The van der Waals surface area contributed by atoms with Gasteiger partial charge in [0.1, 0.15) is 0 Å². The highest BCUT2D eigenvalue weighted by molar-refractivity contribution is 6.01. The van der Waals surface area contributed by atoms with Crippen molar-refractivity contribution in [3.8, 4) is 0 Å². The summed E-state index contributed by atoms with van der Waals surface area (Å²) in [6.07, 6.45) is 5.65. The summed E-state index contributed by atoms with van der Waals surface area (Å²) in [5, 5.41) is 10.4. The number of hydrogen-bond donors (Lipinski definition) is 1. The lowest BCUT2D eigenvalue weighted by molar-refractivity contribution is -0.120. The number of fused-ring (bicyclic) bond motifs is 5. The van der Waals surface area contributed by atoms with Crippen LogP contribution in [0.15, 0.2) is 30.3 Å². The molecule has 0 aliphatic heterocycles. The largest absolute Gasteiger partial charge is 0.388 e. The first-order valence-corrected chi connectivity index (χ1v) is 7.28. The molecule has 0 heterocycles. The molecule has 2 nitrogen and oxygen atoms in total. The lowest BCUT2D eigenvalue weighted by Crippen LogP contribution is -2.33. The zero-order chi connectivity index (χ0) is 13.0. The molecule has 0 unspecified atom stereocenters. The average Bonchev–Trinajstić information content (AvgIpc) is 2.91. The fraction of sp³-hybridized carbons (Fsp3) is 0.471. The molecule has 3 aliphatic carbocycles. The van der Waals surface area contributed by atoms with Crippen LogP contribution in [0.1, 0.15) is 42.9 Å². The van der Waals surface area contributed by atoms with Gasteiger partial charge in [0.2, 0.25) is 0 Å². The lowest BCUT2D eigenvalue weighted by Gasteiger charge is -2.39. The van der Waals surface area contributed by atoms with Crippen molar-refractivity contribution in [2.24, 2.45) is 17.8 Å². The number of benzene rings is 1. The van der Waals surface area contributed by atoms with Crippen LogP contribution in [-0.4, -0.2) is 10.9 Å². The highest BCUT2D eigenvalue weighted by Crippen LogP contribution is 2.53. The van der Waals surface area contributed by atoms with Crippen LogP contribution in [0.4, 0.5) is 0 Å². The minimum atomic E-state index is -0.368. The molecular formula is C17H18O2. The molecular weight excluding hydrogens is 236 g/mol. The van der Waals surface area contributed by atoms with Crippen molar-refractivity contribution in [3.05, 3.63) is 41.5 Å². The van der Waals surface area contributed by atoms with E-state index in [0.717, 1.165) is 36.8 Å². The van der Waals surface area contributed by atoms with Crippen LogP contribution in [0.5, 0.6) is 0 Å². The first-order valence-electron chi connectivity index (χ1n) is 7.28. The summed E-state index contributed by atoms with van der Waals surface area (Å²) in [6, 6.07) is 8.01. The van der Waals surface area contributed by atoms with E-state index in [1.807, 2.05) is 24.3 Å². The highest BCUT2D eigenvalue weighted by Gasteiger charge is 2.45. The van der Waals surface area contributed by atoms with Crippen molar-refractivity contribution >= 4 is 11.4 Å². The molecule has 0 saturated heterocycles. The van der Waals surface area contributed by atoms with E-state index in [4.69, 9.17) is 0 Å². The maximum absolute atomic E-state index is 12.3. The van der Waals surface area contributed by atoms with Gasteiger partial charge in [-0.2, -0.15) is 0 Å². The molecule has 0 radical (unpaired) electrons. The molecule has 19 heavy (non-hydrogen) atoms. The molecule has 0 spiro atoms. The van der Waals surface area contributed by atoms with Gasteiger partial charge in [-0.1, -0.05) is 30.7 Å². The van der Waals surface area contributed by atoms with Gasteiger partial charge in [0.15, 0.2) is 5.78 Å². The highest BCUT2D eigenvalue weighted by atomic mass is 16.3. The molecule has 1 aromatic carbocycles. The zero-order valence-corrected chi connectivity index (χ0v) is 10.9. The van der Waals surface area contributed by atoms with Crippen LogP contribution < -0.4 is 0 Å². The summed E-state index contributed by atoms with van der Waals surface area (Å²) >= 11 is 0. The van der Waals surface area contributed by atoms with Gasteiger partial charge in [0.05, 0.1) is 6.10 Å². The Bertz CT molecular complexity index is 572. The third-order valence-corrected chi connectivity index (χ3v) is 5.26. The second kappa shape index (κ2) is 4.04. The van der Waals surface area contributed by atoms with Gasteiger partial charge in [0.25, 0.3) is 0 Å². The minimum Gasteiger partial charge on any atom is -0.388 e. The molecule has 0 bridgehead atoms. The summed E-state index contributed by atoms with van der Waals surface area (Å²) in [4.78, 5) is 12.3. The smallest absolute Gasteiger partial charge is 0.159 e. The van der Waals surface area contributed by atoms with Gasteiger partial charge in [-0.05, 0) is 53.9 Å². The second-order valence-electron chi connectivity index (χ2n) is 6.15. The Labute approximate surface area is 113 Å². The van der Waals surface area contributed by atoms with Crippen LogP contribution in [0.3, 0.4) is 0 Å². The average molecular weight is 254 g/mol. The Balaban J connectivity index is 1.87. The Morgan fingerprint density at radius 3 is 2.84 bits per heavy atom. The Morgan fingerprint density at radius 1 is 1.11 bits per heavy atom. The fourth-order valence-electron chi connectivity index (χ4n) is 4.42. The predicted molar refractivity (Wildman–Crippen MR) is 73.3 cm³/mol. The monoisotopic (exact) mass is 254 g/mol. The van der Waals surface area contributed by atoms with E-state index in [1.165, 1.54) is 5.57 Å². The number of carbonyl (C=O) groups excluding carboxylic acids is 1. The Hall–Kier alpha value is -1.41. The van der Waals surface area contributed by atoms with Crippen molar-refractivity contribution in [1.82, 2.24) is 0 Å². The first kappa shape index (κ1) is 11.4. The van der Waals surface area contributed by atoms with E-state index in [-0.39, 0.29) is 12.0 Å². The van der Waals surface area contributed by atoms with Crippen molar-refractivity contribution in [2.75, 3.05) is 0 Å². The van der Waals surface area contributed by atoms with E-state index in [1.54, 1.807) is 0 Å². The van der Waals surface area contributed by atoms with Gasteiger partial charge in [-0.25, -0.2) is 0 Å². The summed E-state index contributed by atoms with van der Waals surface area (Å²) < 4.78 is 0. The zero-order valence-electron chi connectivity index (χ0n) is 10.9. The number of aliphatic hydroxyl groups is 1. The molecule has 3 aliphatic rings. The number of allylic oxidation sites excluding steroid dienone is 2. The van der Waals surface area contributed by atoms with E-state index in [2.05, 4.69) is 6.07 Å². The number of rotatable bonds is 0. The van der Waals surface area contributed by atoms with Crippen LogP contribution >= 0.6 is 0 Å². The molecule has 4 rings (SSSR count). The van der Waals surface area contributed by atoms with Gasteiger partial charge >= 0.3 is 0 Å². The number of carbonyl (C=O) groups is 1. The van der Waals surface area contributed by atoms with Crippen LogP contribution in [0.25, 0.3) is 5.57 Å². The maximum Gasteiger partial charge on any atom is 0.159 e. The molecule has 2 heteroatoms. The SMILES string of the molecule is O=C1C=C2c3ccccc3[C@@H](O)C[C@H]2[C@@H]2CCC[C@@H]12. The van der Waals surface area contributed by atoms with Gasteiger partial charge in [0, 0.05) is 5.92 Å². The van der Waals surface area contributed by atoms with Crippen molar-refractivity contribution < 1.29 is 9.90 Å². The molecule has 1 N–H and O–H groups in total. The molecule has 1 saturated carbocycles. The van der Waals surface area contributed by atoms with Gasteiger partial charge in [-0.3, -0.25) is 4.79 Å². The van der Waals surface area contributed by atoms with Crippen LogP contribution in [-0.2, 0) is 4.79 Å². The summed E-state index contributed by atoms with van der Waals surface area (Å²) in [5.74, 6) is 1.40. The second-order valence-corrected chi connectivity index (χ2v) is 6.15. The Morgan fingerprint density at radius 2 is 1.95 bits per heavy atom. The van der Waals surface area contributed by atoms with Crippen LogP contribution in [0, 0.1) is 17.8 Å². The van der Waals surface area contributed by atoms with E-state index >= 15 is 0 Å². The lowest BCUT2D eigenvalue weighted by atomic mass is 9.65. The summed E-state index contributed by atoms with van der Waals surface area (Å²) in [7, 11) is 0. The quantitative estimate of drug-likeness (QED) is 0.772. The number of ketones is 1.